The summed E-state index contributed by atoms with van der Waals surface area (Å²) in [5.74, 6) is -1.05. The van der Waals surface area contributed by atoms with Crippen molar-refractivity contribution in [2.24, 2.45) is 5.73 Å². The highest BCUT2D eigenvalue weighted by Gasteiger charge is 2.45. The molecule has 1 aromatic rings. The fourth-order valence-corrected chi connectivity index (χ4v) is 1.89. The lowest BCUT2D eigenvalue weighted by Crippen LogP contribution is -2.29. The van der Waals surface area contributed by atoms with Crippen molar-refractivity contribution < 1.29 is 13.2 Å². The van der Waals surface area contributed by atoms with Crippen LogP contribution in [0.4, 0.5) is 13.2 Å². The highest BCUT2D eigenvalue weighted by Crippen LogP contribution is 2.39. The number of nitrogens with zero attached hydrogens (tertiary/aromatic N) is 3. The summed E-state index contributed by atoms with van der Waals surface area (Å²) in [6.07, 6.45) is -3.66. The van der Waals surface area contributed by atoms with Crippen molar-refractivity contribution in [2.45, 2.75) is 38.0 Å². The zero-order valence-electron chi connectivity index (χ0n) is 8.37. The quantitative estimate of drug-likeness (QED) is 0.830. The first-order valence-electron chi connectivity index (χ1n) is 4.73. The third kappa shape index (κ3) is 2.15. The van der Waals surface area contributed by atoms with Crippen LogP contribution in [0.3, 0.4) is 0 Å². The molecule has 0 aromatic carbocycles. The van der Waals surface area contributed by atoms with E-state index in [0.29, 0.717) is 18.8 Å². The molecule has 0 bridgehead atoms. The van der Waals surface area contributed by atoms with Gasteiger partial charge in [0.15, 0.2) is 0 Å². The predicted octanol–water partition coefficient (Wildman–Crippen LogP) is 1.60. The molecule has 92 valence electrons. The van der Waals surface area contributed by atoms with Gasteiger partial charge in [0, 0.05) is 6.54 Å². The number of aromatic nitrogens is 3. The molecule has 4 nitrogen and oxygen atoms in total. The molecular weight excluding hydrogens is 245 g/mol. The van der Waals surface area contributed by atoms with Gasteiger partial charge in [-0.25, -0.2) is 0 Å². The molecule has 2 heterocycles. The maximum absolute atomic E-state index is 12.6. The monoisotopic (exact) mass is 256 g/mol. The summed E-state index contributed by atoms with van der Waals surface area (Å²) < 4.78 is 39.4. The molecule has 0 saturated heterocycles. The zero-order chi connectivity index (χ0) is 11.1. The molecule has 1 unspecified atom stereocenters. The molecule has 0 amide bonds. The minimum Gasteiger partial charge on any atom is -0.324 e. The Morgan fingerprint density at radius 2 is 2.06 bits per heavy atom. The third-order valence-corrected chi connectivity index (χ3v) is 2.62. The lowest BCUT2D eigenvalue weighted by atomic mass is 9.98. The Labute approximate surface area is 96.4 Å². The lowest BCUT2D eigenvalue weighted by molar-refractivity contribution is -0.156. The van der Waals surface area contributed by atoms with Crippen LogP contribution in [0.25, 0.3) is 0 Å². The van der Waals surface area contributed by atoms with E-state index in [4.69, 9.17) is 5.73 Å². The topological polar surface area (TPSA) is 56.7 Å². The second-order valence-corrected chi connectivity index (χ2v) is 3.57. The van der Waals surface area contributed by atoms with E-state index in [1.54, 1.807) is 0 Å². The zero-order valence-corrected chi connectivity index (χ0v) is 9.18. The van der Waals surface area contributed by atoms with E-state index >= 15 is 0 Å². The largest absolute Gasteiger partial charge is 0.398 e. The van der Waals surface area contributed by atoms with Crippen molar-refractivity contribution in [1.29, 1.82) is 0 Å². The Morgan fingerprint density at radius 3 is 2.62 bits per heavy atom. The predicted molar refractivity (Wildman–Crippen MR) is 53.2 cm³/mol. The van der Waals surface area contributed by atoms with Crippen LogP contribution >= 0.6 is 12.4 Å². The van der Waals surface area contributed by atoms with E-state index in [1.807, 2.05) is 0 Å². The number of fused-ring (bicyclic) bond motifs is 1. The Kier molecular flexibility index (Phi) is 3.80. The standard InChI is InChI=1S/C8H11F3N4.ClH/c9-8(10,11)5-2-1-3-15-6(4-12)13-14-7(5)15;/h5H,1-4,12H2;1H. The Hall–Kier alpha value is -0.820. The molecule has 1 aliphatic rings. The summed E-state index contributed by atoms with van der Waals surface area (Å²) in [6.45, 7) is 0.652. The van der Waals surface area contributed by atoms with Crippen molar-refractivity contribution in [2.75, 3.05) is 0 Å². The summed E-state index contributed by atoms with van der Waals surface area (Å²) in [4.78, 5) is 0. The summed E-state index contributed by atoms with van der Waals surface area (Å²) in [7, 11) is 0. The van der Waals surface area contributed by atoms with Gasteiger partial charge in [0.2, 0.25) is 0 Å². The van der Waals surface area contributed by atoms with Crippen molar-refractivity contribution in [3.05, 3.63) is 11.6 Å². The van der Waals surface area contributed by atoms with Crippen LogP contribution in [-0.2, 0) is 13.1 Å². The minimum atomic E-state index is -4.24. The van der Waals surface area contributed by atoms with E-state index in [1.165, 1.54) is 4.57 Å². The molecule has 2 rings (SSSR count). The highest BCUT2D eigenvalue weighted by molar-refractivity contribution is 5.85. The summed E-state index contributed by atoms with van der Waals surface area (Å²) in [5, 5.41) is 7.26. The Balaban J connectivity index is 0.00000128. The molecular formula is C8H12ClF3N4. The molecule has 0 radical (unpaired) electrons. The number of nitrogens with two attached hydrogens (primary N) is 1. The number of hydrogen-bond donors (Lipinski definition) is 1. The van der Waals surface area contributed by atoms with Crippen LogP contribution in [0.1, 0.15) is 30.4 Å². The molecule has 16 heavy (non-hydrogen) atoms. The van der Waals surface area contributed by atoms with Gasteiger partial charge in [-0.2, -0.15) is 13.2 Å². The number of hydrogen-bond acceptors (Lipinski definition) is 3. The van der Waals surface area contributed by atoms with Gasteiger partial charge in [0.05, 0.1) is 6.54 Å². The normalized spacial score (nSPS) is 20.1. The van der Waals surface area contributed by atoms with Crippen LogP contribution in [0, 0.1) is 0 Å². The van der Waals surface area contributed by atoms with E-state index in [2.05, 4.69) is 10.2 Å². The SMILES string of the molecule is Cl.NCc1nnc2n1CCCC2C(F)(F)F. The lowest BCUT2D eigenvalue weighted by Gasteiger charge is -2.25. The fourth-order valence-electron chi connectivity index (χ4n) is 1.89. The van der Waals surface area contributed by atoms with E-state index in [9.17, 15) is 13.2 Å². The number of alkyl halides is 3. The molecule has 0 saturated carbocycles. The first-order chi connectivity index (χ1) is 7.04. The second-order valence-electron chi connectivity index (χ2n) is 3.57. The molecule has 0 spiro atoms. The first kappa shape index (κ1) is 13.2. The maximum atomic E-state index is 12.6. The average molecular weight is 257 g/mol. The number of halogens is 4. The van der Waals surface area contributed by atoms with Crippen molar-refractivity contribution in [3.63, 3.8) is 0 Å². The van der Waals surface area contributed by atoms with Gasteiger partial charge >= 0.3 is 6.18 Å². The van der Waals surface area contributed by atoms with Crippen LogP contribution in [0.5, 0.6) is 0 Å². The Morgan fingerprint density at radius 1 is 1.38 bits per heavy atom. The first-order valence-corrected chi connectivity index (χ1v) is 4.73. The molecule has 0 fully saturated rings. The minimum absolute atomic E-state index is 0. The van der Waals surface area contributed by atoms with E-state index < -0.39 is 12.1 Å². The van der Waals surface area contributed by atoms with Crippen LogP contribution in [0.2, 0.25) is 0 Å². The average Bonchev–Trinajstić information content (AvgIpc) is 2.58. The summed E-state index contributed by atoms with van der Waals surface area (Å²) >= 11 is 0. The second kappa shape index (κ2) is 4.58. The molecule has 8 heteroatoms. The van der Waals surface area contributed by atoms with Crippen LogP contribution in [0.15, 0.2) is 0 Å². The summed E-state index contributed by atoms with van der Waals surface area (Å²) in [6, 6.07) is 0. The molecule has 1 atom stereocenters. The molecule has 2 N–H and O–H groups in total. The molecule has 0 aliphatic carbocycles. The maximum Gasteiger partial charge on any atom is 0.398 e. The highest BCUT2D eigenvalue weighted by atomic mass is 35.5. The van der Waals surface area contributed by atoms with Gasteiger partial charge in [-0.1, -0.05) is 0 Å². The van der Waals surface area contributed by atoms with Gasteiger partial charge in [0.25, 0.3) is 0 Å². The smallest absolute Gasteiger partial charge is 0.324 e. The fraction of sp³-hybridized carbons (Fsp3) is 0.750. The van der Waals surface area contributed by atoms with Gasteiger partial charge in [0.1, 0.15) is 17.6 Å². The van der Waals surface area contributed by atoms with Crippen molar-refractivity contribution >= 4 is 12.4 Å². The molecule has 1 aliphatic heterocycles. The van der Waals surface area contributed by atoms with E-state index in [0.717, 1.165) is 0 Å². The third-order valence-electron chi connectivity index (χ3n) is 2.62. The van der Waals surface area contributed by atoms with Crippen LogP contribution < -0.4 is 5.73 Å². The van der Waals surface area contributed by atoms with E-state index in [-0.39, 0.29) is 31.2 Å². The number of rotatable bonds is 1. The van der Waals surface area contributed by atoms with Gasteiger partial charge in [-0.3, -0.25) is 0 Å². The summed E-state index contributed by atoms with van der Waals surface area (Å²) in [5.41, 5.74) is 5.37. The molecule has 1 aromatic heterocycles. The van der Waals surface area contributed by atoms with Crippen molar-refractivity contribution in [3.8, 4) is 0 Å². The van der Waals surface area contributed by atoms with Gasteiger partial charge in [-0.15, -0.1) is 22.6 Å². The van der Waals surface area contributed by atoms with Crippen molar-refractivity contribution in [1.82, 2.24) is 14.8 Å². The van der Waals surface area contributed by atoms with Crippen LogP contribution in [-0.4, -0.2) is 20.9 Å². The van der Waals surface area contributed by atoms with Gasteiger partial charge < -0.3 is 10.3 Å². The van der Waals surface area contributed by atoms with Gasteiger partial charge in [-0.05, 0) is 12.8 Å². The Bertz CT molecular complexity index is 363.